The molecule has 2 aromatic rings. The number of anilines is 1. The van der Waals surface area contributed by atoms with Gasteiger partial charge in [0.15, 0.2) is 11.6 Å². The number of benzene rings is 2. The zero-order valence-electron chi connectivity index (χ0n) is 19.2. The van der Waals surface area contributed by atoms with E-state index in [2.05, 4.69) is 4.99 Å². The van der Waals surface area contributed by atoms with Gasteiger partial charge in [-0.2, -0.15) is 0 Å². The number of rotatable bonds is 8. The summed E-state index contributed by atoms with van der Waals surface area (Å²) in [7, 11) is 0. The molecule has 3 rings (SSSR count). The molecule has 1 aliphatic rings. The minimum Gasteiger partial charge on any atom is -0.505 e. The molecule has 0 saturated carbocycles. The number of nitrogens with one attached hydrogen (secondary N) is 1. The molecule has 1 heterocycles. The number of phenols is 1. The number of amides is 1. The molecule has 0 atom stereocenters. The Morgan fingerprint density at radius 2 is 1.97 bits per heavy atom. The molecular formula is C25H31FN6O2. The smallest absolute Gasteiger partial charge is 0.236 e. The summed E-state index contributed by atoms with van der Waals surface area (Å²) in [4.78, 5) is 19.7. The van der Waals surface area contributed by atoms with E-state index in [4.69, 9.17) is 16.9 Å². The standard InChI is InChI=1S/C25H31FN6O2/c1-17(27)31-13-10-20(11-14-31)30-25(29)19-7-2-5-18(15-19)6-4-12-32(16-23(28)34)21-8-3-9-22(33)24(21)26/h2-9,15,20,27,33H,10-14,16H2,1H3,(H2,28,34)(H2,29,30)/b6-4+,27-17?. The van der Waals surface area contributed by atoms with E-state index in [9.17, 15) is 14.3 Å². The minimum atomic E-state index is -0.801. The molecule has 8 nitrogen and oxygen atoms in total. The van der Waals surface area contributed by atoms with Crippen LogP contribution in [0.5, 0.6) is 5.75 Å². The number of likely N-dealkylation sites (tertiary alicyclic amines) is 1. The molecular weight excluding hydrogens is 435 g/mol. The fourth-order valence-corrected chi connectivity index (χ4v) is 3.91. The van der Waals surface area contributed by atoms with Crippen molar-refractivity contribution in [2.24, 2.45) is 16.5 Å². The number of carbonyl (C=O) groups excluding carboxylic acids is 1. The van der Waals surface area contributed by atoms with Gasteiger partial charge < -0.3 is 26.4 Å². The third kappa shape index (κ3) is 6.57. The van der Waals surface area contributed by atoms with Crippen molar-refractivity contribution in [1.82, 2.24) is 4.90 Å². The molecule has 1 aliphatic heterocycles. The van der Waals surface area contributed by atoms with Gasteiger partial charge in [-0.3, -0.25) is 15.2 Å². The van der Waals surface area contributed by atoms with Crippen molar-refractivity contribution in [3.63, 3.8) is 0 Å². The Labute approximate surface area is 198 Å². The van der Waals surface area contributed by atoms with Gasteiger partial charge in [0.2, 0.25) is 5.91 Å². The van der Waals surface area contributed by atoms with E-state index in [1.54, 1.807) is 13.0 Å². The molecule has 0 aromatic heterocycles. The topological polar surface area (TPSA) is 132 Å². The van der Waals surface area contributed by atoms with Gasteiger partial charge >= 0.3 is 0 Å². The molecule has 0 spiro atoms. The largest absolute Gasteiger partial charge is 0.505 e. The van der Waals surface area contributed by atoms with Crippen molar-refractivity contribution in [2.75, 3.05) is 31.1 Å². The first-order valence-electron chi connectivity index (χ1n) is 11.2. The maximum Gasteiger partial charge on any atom is 0.236 e. The summed E-state index contributed by atoms with van der Waals surface area (Å²) in [5, 5.41) is 17.4. The SMILES string of the molecule is CC(=N)N1CCC(N=C(N)c2cccc(/C=C/CN(CC(N)=O)c3cccc(O)c3F)c2)CC1. The number of phenolic OH excluding ortho intramolecular Hbond substituents is 1. The van der Waals surface area contributed by atoms with Gasteiger partial charge in [0.25, 0.3) is 0 Å². The number of halogens is 1. The van der Waals surface area contributed by atoms with E-state index in [1.807, 2.05) is 35.2 Å². The van der Waals surface area contributed by atoms with Gasteiger partial charge in [0.05, 0.1) is 24.1 Å². The summed E-state index contributed by atoms with van der Waals surface area (Å²) >= 11 is 0. The van der Waals surface area contributed by atoms with E-state index >= 15 is 0 Å². The number of hydrogen-bond donors (Lipinski definition) is 4. The molecule has 2 aromatic carbocycles. The van der Waals surface area contributed by atoms with Crippen molar-refractivity contribution < 1.29 is 14.3 Å². The summed E-state index contributed by atoms with van der Waals surface area (Å²) in [5.41, 5.74) is 13.4. The summed E-state index contributed by atoms with van der Waals surface area (Å²) in [5.74, 6) is -0.848. The van der Waals surface area contributed by atoms with Gasteiger partial charge in [0.1, 0.15) is 5.84 Å². The number of primary amides is 1. The van der Waals surface area contributed by atoms with Crippen LogP contribution in [0, 0.1) is 11.2 Å². The van der Waals surface area contributed by atoms with E-state index in [-0.39, 0.29) is 24.8 Å². The third-order valence-corrected chi connectivity index (χ3v) is 5.72. The summed E-state index contributed by atoms with van der Waals surface area (Å²) in [6, 6.07) is 12.0. The Morgan fingerprint density at radius 1 is 1.26 bits per heavy atom. The van der Waals surface area contributed by atoms with Crippen LogP contribution in [-0.4, -0.2) is 59.8 Å². The van der Waals surface area contributed by atoms with E-state index in [1.165, 1.54) is 23.1 Å². The first kappa shape index (κ1) is 24.8. The van der Waals surface area contributed by atoms with Crippen molar-refractivity contribution >= 4 is 29.3 Å². The number of aliphatic imine (C=N–C) groups is 1. The first-order valence-corrected chi connectivity index (χ1v) is 11.2. The second-order valence-corrected chi connectivity index (χ2v) is 8.30. The molecule has 0 unspecified atom stereocenters. The Kier molecular flexibility index (Phi) is 8.24. The molecule has 180 valence electrons. The monoisotopic (exact) mass is 466 g/mol. The molecule has 1 saturated heterocycles. The Bertz CT molecular complexity index is 1090. The van der Waals surface area contributed by atoms with Crippen LogP contribution in [0.4, 0.5) is 10.1 Å². The second kappa shape index (κ2) is 11.3. The predicted molar refractivity (Wildman–Crippen MR) is 134 cm³/mol. The highest BCUT2D eigenvalue weighted by Crippen LogP contribution is 2.26. The van der Waals surface area contributed by atoms with Gasteiger partial charge in [-0.15, -0.1) is 0 Å². The average molecular weight is 467 g/mol. The number of nitrogens with zero attached hydrogens (tertiary/aromatic N) is 3. The molecule has 1 amide bonds. The number of hydrogen-bond acceptors (Lipinski definition) is 5. The summed E-state index contributed by atoms with van der Waals surface area (Å²) < 4.78 is 14.3. The van der Waals surface area contributed by atoms with Crippen LogP contribution in [-0.2, 0) is 4.79 Å². The molecule has 0 bridgehead atoms. The van der Waals surface area contributed by atoms with Gasteiger partial charge in [0, 0.05) is 25.2 Å². The predicted octanol–water partition coefficient (Wildman–Crippen LogP) is 2.70. The van der Waals surface area contributed by atoms with Crippen molar-refractivity contribution in [2.45, 2.75) is 25.8 Å². The average Bonchev–Trinajstić information content (AvgIpc) is 2.80. The second-order valence-electron chi connectivity index (χ2n) is 8.30. The van der Waals surface area contributed by atoms with Crippen molar-refractivity contribution in [1.29, 1.82) is 5.41 Å². The lowest BCUT2D eigenvalue weighted by Crippen LogP contribution is -2.38. The molecule has 9 heteroatoms. The van der Waals surface area contributed by atoms with Crippen molar-refractivity contribution in [3.05, 3.63) is 65.5 Å². The molecule has 0 aliphatic carbocycles. The Balaban J connectivity index is 1.69. The fraction of sp³-hybridized carbons (Fsp3) is 0.320. The number of aromatic hydroxyl groups is 1. The Hall–Kier alpha value is -3.88. The van der Waals surface area contributed by atoms with Crippen LogP contribution in [0.25, 0.3) is 6.08 Å². The lowest BCUT2D eigenvalue weighted by atomic mass is 10.0. The van der Waals surface area contributed by atoms with Crippen molar-refractivity contribution in [3.8, 4) is 5.75 Å². The zero-order valence-corrected chi connectivity index (χ0v) is 19.2. The normalized spacial score (nSPS) is 15.0. The van der Waals surface area contributed by atoms with E-state index in [0.717, 1.165) is 37.1 Å². The number of carbonyl (C=O) groups is 1. The fourth-order valence-electron chi connectivity index (χ4n) is 3.91. The summed E-state index contributed by atoms with van der Waals surface area (Å²) in [6.45, 7) is 3.43. The van der Waals surface area contributed by atoms with Crippen LogP contribution in [0.3, 0.4) is 0 Å². The molecule has 0 radical (unpaired) electrons. The first-order chi connectivity index (χ1) is 16.2. The van der Waals surface area contributed by atoms with E-state index in [0.29, 0.717) is 11.7 Å². The molecule has 6 N–H and O–H groups in total. The van der Waals surface area contributed by atoms with Gasteiger partial charge in [-0.1, -0.05) is 36.4 Å². The third-order valence-electron chi connectivity index (χ3n) is 5.72. The highest BCUT2D eigenvalue weighted by molar-refractivity contribution is 5.98. The van der Waals surface area contributed by atoms with Crippen LogP contribution < -0.4 is 16.4 Å². The highest BCUT2D eigenvalue weighted by Gasteiger charge is 2.19. The maximum absolute atomic E-state index is 14.3. The highest BCUT2D eigenvalue weighted by atomic mass is 19.1. The lowest BCUT2D eigenvalue weighted by Gasteiger charge is -2.31. The minimum absolute atomic E-state index is 0.0952. The van der Waals surface area contributed by atoms with Gasteiger partial charge in [-0.05, 0) is 43.5 Å². The van der Waals surface area contributed by atoms with Gasteiger partial charge in [-0.25, -0.2) is 4.39 Å². The number of amidine groups is 2. The molecule has 1 fully saturated rings. The Morgan fingerprint density at radius 3 is 2.65 bits per heavy atom. The van der Waals surface area contributed by atoms with Crippen LogP contribution in [0.1, 0.15) is 30.9 Å². The maximum atomic E-state index is 14.3. The summed E-state index contributed by atoms with van der Waals surface area (Å²) in [6.07, 6.45) is 5.35. The van der Waals surface area contributed by atoms with Crippen LogP contribution >= 0.6 is 0 Å². The number of nitrogens with two attached hydrogens (primary N) is 2. The molecule has 34 heavy (non-hydrogen) atoms. The quantitative estimate of drug-likeness (QED) is 0.351. The van der Waals surface area contributed by atoms with E-state index < -0.39 is 17.5 Å². The van der Waals surface area contributed by atoms with Crippen LogP contribution in [0.15, 0.2) is 53.5 Å². The lowest BCUT2D eigenvalue weighted by molar-refractivity contribution is -0.116. The van der Waals surface area contributed by atoms with Crippen LogP contribution in [0.2, 0.25) is 0 Å². The zero-order chi connectivity index (χ0) is 24.7. The number of piperidine rings is 1.